The van der Waals surface area contributed by atoms with Crippen molar-refractivity contribution in [1.29, 1.82) is 0 Å². The van der Waals surface area contributed by atoms with Gasteiger partial charge in [0.1, 0.15) is 17.8 Å². The first kappa shape index (κ1) is 22.6. The second-order valence-electron chi connectivity index (χ2n) is 7.62. The van der Waals surface area contributed by atoms with E-state index in [-0.39, 0.29) is 22.4 Å². The number of hydrogen-bond acceptors (Lipinski definition) is 7. The predicted octanol–water partition coefficient (Wildman–Crippen LogP) is 1.98. The minimum absolute atomic E-state index is 0.0417. The summed E-state index contributed by atoms with van der Waals surface area (Å²) in [6, 6.07) is 11.5. The van der Waals surface area contributed by atoms with Crippen LogP contribution < -0.4 is 16.6 Å². The largest absolute Gasteiger partial charge is 0.465 e. The molecule has 0 aliphatic heterocycles. The Morgan fingerprint density at radius 2 is 1.76 bits per heavy atom. The molecular weight excluding hydrogens is 438 g/mol. The molecule has 0 spiro atoms. The molecule has 0 atom stereocenters. The van der Waals surface area contributed by atoms with Crippen molar-refractivity contribution in [1.82, 2.24) is 19.1 Å². The molecule has 1 aromatic carbocycles. The number of benzene rings is 1. The SMILES string of the molecule is COC(=O)c1cccnc1-n1c(=O)c2cccnc2n(CC(=O)Nc2ccc(C)cc2C)c1=O. The molecule has 0 radical (unpaired) electrons. The van der Waals surface area contributed by atoms with Crippen LogP contribution in [0.15, 0.2) is 64.4 Å². The molecule has 1 N–H and O–H groups in total. The van der Waals surface area contributed by atoms with Crippen LogP contribution in [0.1, 0.15) is 21.5 Å². The summed E-state index contributed by atoms with van der Waals surface area (Å²) in [6.45, 7) is 3.39. The van der Waals surface area contributed by atoms with Gasteiger partial charge in [0, 0.05) is 18.1 Å². The maximum atomic E-state index is 13.5. The lowest BCUT2D eigenvalue weighted by Gasteiger charge is -2.15. The molecule has 0 aliphatic rings. The highest BCUT2D eigenvalue weighted by molar-refractivity contribution is 5.93. The third kappa shape index (κ3) is 4.08. The average molecular weight is 459 g/mol. The number of amides is 1. The van der Waals surface area contributed by atoms with Gasteiger partial charge in [-0.3, -0.25) is 14.2 Å². The predicted molar refractivity (Wildman–Crippen MR) is 125 cm³/mol. The number of ether oxygens (including phenoxy) is 1. The summed E-state index contributed by atoms with van der Waals surface area (Å²) < 4.78 is 6.59. The van der Waals surface area contributed by atoms with Crippen LogP contribution in [-0.2, 0) is 16.1 Å². The fourth-order valence-electron chi connectivity index (χ4n) is 3.66. The van der Waals surface area contributed by atoms with E-state index in [1.807, 2.05) is 26.0 Å². The monoisotopic (exact) mass is 459 g/mol. The molecule has 3 aromatic heterocycles. The fourth-order valence-corrected chi connectivity index (χ4v) is 3.66. The van der Waals surface area contributed by atoms with Gasteiger partial charge in [-0.15, -0.1) is 0 Å². The van der Waals surface area contributed by atoms with Gasteiger partial charge in [-0.1, -0.05) is 17.7 Å². The molecule has 0 aliphatic carbocycles. The Morgan fingerprint density at radius 3 is 2.50 bits per heavy atom. The molecule has 4 aromatic rings. The van der Waals surface area contributed by atoms with Gasteiger partial charge < -0.3 is 10.1 Å². The molecule has 3 heterocycles. The molecule has 0 unspecified atom stereocenters. The van der Waals surface area contributed by atoms with Gasteiger partial charge >= 0.3 is 11.7 Å². The zero-order chi connectivity index (χ0) is 24.4. The minimum atomic E-state index is -0.865. The van der Waals surface area contributed by atoms with Crippen LogP contribution in [0.5, 0.6) is 0 Å². The Kier molecular flexibility index (Phi) is 6.05. The third-order valence-electron chi connectivity index (χ3n) is 5.26. The number of nitrogens with one attached hydrogen (secondary N) is 1. The zero-order valence-corrected chi connectivity index (χ0v) is 18.7. The lowest BCUT2D eigenvalue weighted by Crippen LogP contribution is -2.42. The number of fused-ring (bicyclic) bond motifs is 1. The maximum Gasteiger partial charge on any atom is 0.341 e. The Balaban J connectivity index is 1.87. The number of hydrogen-bond donors (Lipinski definition) is 1. The van der Waals surface area contributed by atoms with Crippen LogP contribution in [0.25, 0.3) is 16.9 Å². The summed E-state index contributed by atoms with van der Waals surface area (Å²) in [5, 5.41) is 2.87. The highest BCUT2D eigenvalue weighted by Gasteiger charge is 2.22. The lowest BCUT2D eigenvalue weighted by atomic mass is 10.1. The highest BCUT2D eigenvalue weighted by atomic mass is 16.5. The Hall–Kier alpha value is -4.60. The molecule has 10 heteroatoms. The average Bonchev–Trinajstić information content (AvgIpc) is 2.83. The molecule has 0 saturated carbocycles. The number of rotatable bonds is 5. The summed E-state index contributed by atoms with van der Waals surface area (Å²) in [5.74, 6) is -1.45. The first-order valence-corrected chi connectivity index (χ1v) is 10.3. The van der Waals surface area contributed by atoms with E-state index in [4.69, 9.17) is 4.74 Å². The molecule has 10 nitrogen and oxygen atoms in total. The minimum Gasteiger partial charge on any atom is -0.465 e. The van der Waals surface area contributed by atoms with E-state index in [0.717, 1.165) is 20.3 Å². The van der Waals surface area contributed by atoms with Crippen LogP contribution in [0.3, 0.4) is 0 Å². The Labute approximate surface area is 193 Å². The van der Waals surface area contributed by atoms with Crippen molar-refractivity contribution in [2.75, 3.05) is 12.4 Å². The van der Waals surface area contributed by atoms with E-state index in [2.05, 4.69) is 15.3 Å². The zero-order valence-electron chi connectivity index (χ0n) is 18.7. The first-order chi connectivity index (χ1) is 16.3. The van der Waals surface area contributed by atoms with Crippen molar-refractivity contribution in [2.45, 2.75) is 20.4 Å². The van der Waals surface area contributed by atoms with E-state index in [0.29, 0.717) is 5.69 Å². The summed E-state index contributed by atoms with van der Waals surface area (Å²) in [6.07, 6.45) is 2.77. The maximum absolute atomic E-state index is 13.5. The Morgan fingerprint density at radius 1 is 1.03 bits per heavy atom. The summed E-state index contributed by atoms with van der Waals surface area (Å²) in [5.41, 5.74) is 0.903. The second-order valence-corrected chi connectivity index (χ2v) is 7.62. The molecule has 0 saturated heterocycles. The van der Waals surface area contributed by atoms with Crippen LogP contribution in [0, 0.1) is 13.8 Å². The van der Waals surface area contributed by atoms with Crippen molar-refractivity contribution in [3.8, 4) is 5.82 Å². The van der Waals surface area contributed by atoms with Crippen LogP contribution in [0.4, 0.5) is 5.69 Å². The number of carbonyl (C=O) groups excluding carboxylic acids is 2. The quantitative estimate of drug-likeness (QED) is 0.453. The van der Waals surface area contributed by atoms with Crippen molar-refractivity contribution in [3.05, 3.63) is 92.4 Å². The van der Waals surface area contributed by atoms with Crippen molar-refractivity contribution in [3.63, 3.8) is 0 Å². The molecule has 0 fully saturated rings. The number of aromatic nitrogens is 4. The number of carbonyl (C=O) groups is 2. The normalized spacial score (nSPS) is 10.8. The van der Waals surface area contributed by atoms with Crippen LogP contribution in [0.2, 0.25) is 0 Å². The van der Waals surface area contributed by atoms with Gasteiger partial charge in [-0.2, -0.15) is 0 Å². The van der Waals surface area contributed by atoms with E-state index in [9.17, 15) is 19.2 Å². The van der Waals surface area contributed by atoms with Gasteiger partial charge in [0.25, 0.3) is 5.56 Å². The number of nitrogens with zero attached hydrogens (tertiary/aromatic N) is 4. The molecular formula is C24H21N5O5. The molecule has 34 heavy (non-hydrogen) atoms. The fraction of sp³-hybridized carbons (Fsp3) is 0.167. The number of aryl methyl sites for hydroxylation is 2. The van der Waals surface area contributed by atoms with Crippen LogP contribution in [-0.4, -0.2) is 38.1 Å². The van der Waals surface area contributed by atoms with Gasteiger partial charge in [0.2, 0.25) is 5.91 Å². The highest BCUT2D eigenvalue weighted by Crippen LogP contribution is 2.16. The summed E-state index contributed by atoms with van der Waals surface area (Å²) in [7, 11) is 1.18. The molecule has 1 amide bonds. The number of methoxy groups -OCH3 is 1. The third-order valence-corrected chi connectivity index (χ3v) is 5.26. The number of anilines is 1. The molecule has 0 bridgehead atoms. The van der Waals surface area contributed by atoms with E-state index in [1.165, 1.54) is 43.8 Å². The standard InChI is InChI=1S/C24H21N5O5/c1-14-8-9-18(15(2)12-14)27-19(30)13-28-20-16(6-4-10-25-20)22(31)29(24(28)33)21-17(23(32)34-3)7-5-11-26-21/h4-12H,13H2,1-3H3,(H,27,30). The van der Waals surface area contributed by atoms with Gasteiger partial charge in [-0.05, 0) is 49.7 Å². The van der Waals surface area contributed by atoms with Crippen molar-refractivity contribution >= 4 is 28.6 Å². The van der Waals surface area contributed by atoms with Crippen molar-refractivity contribution in [2.24, 2.45) is 0 Å². The van der Waals surface area contributed by atoms with Gasteiger partial charge in [0.15, 0.2) is 5.82 Å². The van der Waals surface area contributed by atoms with Gasteiger partial charge in [0.05, 0.1) is 12.5 Å². The van der Waals surface area contributed by atoms with Crippen molar-refractivity contribution < 1.29 is 14.3 Å². The topological polar surface area (TPSA) is 125 Å². The van der Waals surface area contributed by atoms with E-state index >= 15 is 0 Å². The van der Waals surface area contributed by atoms with E-state index < -0.39 is 29.7 Å². The number of esters is 1. The lowest BCUT2D eigenvalue weighted by molar-refractivity contribution is -0.116. The first-order valence-electron chi connectivity index (χ1n) is 10.3. The molecule has 4 rings (SSSR count). The molecule has 172 valence electrons. The van der Waals surface area contributed by atoms with Gasteiger partial charge in [-0.25, -0.2) is 24.1 Å². The summed E-state index contributed by atoms with van der Waals surface area (Å²) in [4.78, 5) is 60.1. The smallest absolute Gasteiger partial charge is 0.341 e. The van der Waals surface area contributed by atoms with E-state index in [1.54, 1.807) is 6.07 Å². The second kappa shape index (κ2) is 9.10. The summed E-state index contributed by atoms with van der Waals surface area (Å²) >= 11 is 0. The van der Waals surface area contributed by atoms with Crippen LogP contribution >= 0.6 is 0 Å². The number of pyridine rings is 2. The Bertz CT molecular complexity index is 1550.